The van der Waals surface area contributed by atoms with Crippen LogP contribution in [-0.2, 0) is 6.42 Å². The summed E-state index contributed by atoms with van der Waals surface area (Å²) in [5.41, 5.74) is 0. The van der Waals surface area contributed by atoms with E-state index in [2.05, 4.69) is 33.9 Å². The number of hydrogen-bond donors (Lipinski definition) is 1. The minimum atomic E-state index is -0.0797. The third kappa shape index (κ3) is 3.17. The first-order chi connectivity index (χ1) is 9.52. The largest absolute Gasteiger partial charge is 0.336 e. The highest BCUT2D eigenvalue weighted by Gasteiger charge is 2.28. The number of aryl methyl sites for hydroxylation is 1. The molecule has 0 aromatic carbocycles. The van der Waals surface area contributed by atoms with Gasteiger partial charge in [-0.25, -0.2) is 4.98 Å². The number of rotatable bonds is 4. The van der Waals surface area contributed by atoms with Crippen molar-refractivity contribution in [1.29, 1.82) is 0 Å². The van der Waals surface area contributed by atoms with Crippen molar-refractivity contribution in [2.75, 3.05) is 20.1 Å². The summed E-state index contributed by atoms with van der Waals surface area (Å²) in [6, 6.07) is 0.873. The van der Waals surface area contributed by atoms with Gasteiger partial charge in [0.25, 0.3) is 5.91 Å². The van der Waals surface area contributed by atoms with Crippen molar-refractivity contribution in [1.82, 2.24) is 25.0 Å². The van der Waals surface area contributed by atoms with Crippen LogP contribution in [0, 0.1) is 0 Å². The summed E-state index contributed by atoms with van der Waals surface area (Å²) in [5.74, 6) is 0.968. The van der Waals surface area contributed by atoms with Crippen molar-refractivity contribution in [3.63, 3.8) is 0 Å². The average molecular weight is 279 g/mol. The molecule has 0 atom stereocenters. The molecule has 2 heterocycles. The van der Waals surface area contributed by atoms with Crippen LogP contribution >= 0.6 is 0 Å². The molecule has 20 heavy (non-hydrogen) atoms. The molecule has 0 radical (unpaired) electrons. The molecule has 0 saturated carbocycles. The number of hydrogen-bond acceptors (Lipinski definition) is 4. The Kier molecular flexibility index (Phi) is 4.75. The van der Waals surface area contributed by atoms with E-state index in [1.165, 1.54) is 0 Å². The maximum absolute atomic E-state index is 12.4. The zero-order valence-electron chi connectivity index (χ0n) is 12.9. The van der Waals surface area contributed by atoms with Crippen molar-refractivity contribution in [3.8, 4) is 0 Å². The van der Waals surface area contributed by atoms with Gasteiger partial charge in [0.1, 0.15) is 5.82 Å². The van der Waals surface area contributed by atoms with Gasteiger partial charge in [0, 0.05) is 38.6 Å². The molecule has 1 aliphatic rings. The normalized spacial score (nSPS) is 17.6. The van der Waals surface area contributed by atoms with E-state index < -0.39 is 0 Å². The van der Waals surface area contributed by atoms with Gasteiger partial charge in [0.05, 0.1) is 0 Å². The maximum atomic E-state index is 12.4. The minimum Gasteiger partial charge on any atom is -0.336 e. The van der Waals surface area contributed by atoms with E-state index in [0.717, 1.165) is 38.2 Å². The predicted molar refractivity (Wildman–Crippen MR) is 77.6 cm³/mol. The van der Waals surface area contributed by atoms with Crippen LogP contribution < -0.4 is 0 Å². The summed E-state index contributed by atoms with van der Waals surface area (Å²) in [4.78, 5) is 20.8. The Morgan fingerprint density at radius 1 is 1.45 bits per heavy atom. The summed E-state index contributed by atoms with van der Waals surface area (Å²) in [6.45, 7) is 8.52. The third-order valence-corrected chi connectivity index (χ3v) is 4.16. The molecule has 1 fully saturated rings. The maximum Gasteiger partial charge on any atom is 0.293 e. The molecule has 6 nitrogen and oxygen atoms in total. The van der Waals surface area contributed by atoms with Crippen LogP contribution in [0.1, 0.15) is 50.1 Å². The Balaban J connectivity index is 1.94. The molecule has 1 amide bonds. The van der Waals surface area contributed by atoms with E-state index >= 15 is 0 Å². The summed E-state index contributed by atoms with van der Waals surface area (Å²) in [5, 5.41) is 6.81. The zero-order chi connectivity index (χ0) is 14.7. The molecule has 0 bridgehead atoms. The Morgan fingerprint density at radius 3 is 2.60 bits per heavy atom. The summed E-state index contributed by atoms with van der Waals surface area (Å²) in [6.07, 6.45) is 2.80. The van der Waals surface area contributed by atoms with Crippen LogP contribution in [-0.4, -0.2) is 63.1 Å². The molecular formula is C14H25N5O. The molecule has 2 rings (SSSR count). The number of aromatic amines is 1. The van der Waals surface area contributed by atoms with Gasteiger partial charge in [0.2, 0.25) is 5.82 Å². The van der Waals surface area contributed by atoms with Gasteiger partial charge in [-0.05, 0) is 26.7 Å². The average Bonchev–Trinajstić information content (AvgIpc) is 2.94. The zero-order valence-corrected chi connectivity index (χ0v) is 12.9. The molecule has 1 aromatic rings. The Morgan fingerprint density at radius 2 is 2.10 bits per heavy atom. The highest BCUT2D eigenvalue weighted by Crippen LogP contribution is 2.18. The summed E-state index contributed by atoms with van der Waals surface area (Å²) < 4.78 is 0. The van der Waals surface area contributed by atoms with Crippen molar-refractivity contribution in [2.24, 2.45) is 0 Å². The van der Waals surface area contributed by atoms with Crippen LogP contribution in [0.4, 0.5) is 0 Å². The number of carbonyl (C=O) groups excluding carboxylic acids is 1. The number of nitrogens with zero attached hydrogens (tertiary/aromatic N) is 4. The van der Waals surface area contributed by atoms with Crippen LogP contribution in [0.25, 0.3) is 0 Å². The van der Waals surface area contributed by atoms with E-state index in [1.54, 1.807) is 4.90 Å². The van der Waals surface area contributed by atoms with Crippen LogP contribution in [0.5, 0.6) is 0 Å². The van der Waals surface area contributed by atoms with Crippen molar-refractivity contribution in [3.05, 3.63) is 11.6 Å². The van der Waals surface area contributed by atoms with Gasteiger partial charge in [-0.15, -0.1) is 5.10 Å². The number of H-pyrrole nitrogens is 1. The number of nitrogens with one attached hydrogen (secondary N) is 1. The molecule has 1 N–H and O–H groups in total. The van der Waals surface area contributed by atoms with E-state index in [1.807, 2.05) is 14.0 Å². The lowest BCUT2D eigenvalue weighted by molar-refractivity contribution is 0.0604. The lowest BCUT2D eigenvalue weighted by atomic mass is 10.0. The molecule has 1 aliphatic heterocycles. The molecular weight excluding hydrogens is 254 g/mol. The summed E-state index contributed by atoms with van der Waals surface area (Å²) in [7, 11) is 1.86. The summed E-state index contributed by atoms with van der Waals surface area (Å²) >= 11 is 0. The number of piperidine rings is 1. The molecule has 0 spiro atoms. The molecule has 1 saturated heterocycles. The van der Waals surface area contributed by atoms with Gasteiger partial charge in [-0.3, -0.25) is 9.89 Å². The van der Waals surface area contributed by atoms with E-state index in [4.69, 9.17) is 0 Å². The van der Waals surface area contributed by atoms with E-state index in [9.17, 15) is 4.79 Å². The van der Waals surface area contributed by atoms with Crippen molar-refractivity contribution >= 4 is 5.91 Å². The Bertz CT molecular complexity index is 448. The molecule has 0 unspecified atom stereocenters. The Labute approximate surface area is 120 Å². The number of aromatic nitrogens is 3. The lowest BCUT2D eigenvalue weighted by Gasteiger charge is -2.38. The third-order valence-electron chi connectivity index (χ3n) is 4.16. The predicted octanol–water partition coefficient (Wildman–Crippen LogP) is 1.31. The van der Waals surface area contributed by atoms with Crippen molar-refractivity contribution < 1.29 is 4.79 Å². The van der Waals surface area contributed by atoms with Gasteiger partial charge in [0.15, 0.2) is 0 Å². The fraction of sp³-hybridized carbons (Fsp3) is 0.786. The second kappa shape index (κ2) is 6.35. The first-order valence-electron chi connectivity index (χ1n) is 7.45. The second-order valence-corrected chi connectivity index (χ2v) is 5.74. The minimum absolute atomic E-state index is 0.0797. The SMILES string of the molecule is CCc1nc(C(=O)N(C)C2CCN(C(C)C)CC2)n[nH]1. The quantitative estimate of drug-likeness (QED) is 0.902. The topological polar surface area (TPSA) is 65.1 Å². The molecule has 0 aliphatic carbocycles. The number of likely N-dealkylation sites (tertiary alicyclic amines) is 1. The van der Waals surface area contributed by atoms with Crippen LogP contribution in [0.15, 0.2) is 0 Å². The fourth-order valence-corrected chi connectivity index (χ4v) is 2.66. The standard InChI is InChI=1S/C14H25N5O/c1-5-12-15-13(17-16-12)14(20)18(4)11-6-8-19(9-7-11)10(2)3/h10-11H,5-9H2,1-4H3,(H,15,16,17). The smallest absolute Gasteiger partial charge is 0.293 e. The van der Waals surface area contributed by atoms with Crippen molar-refractivity contribution in [2.45, 2.75) is 52.1 Å². The first-order valence-corrected chi connectivity index (χ1v) is 7.45. The highest BCUT2D eigenvalue weighted by atomic mass is 16.2. The van der Waals surface area contributed by atoms with E-state index in [-0.39, 0.29) is 11.7 Å². The molecule has 1 aromatic heterocycles. The molecule has 6 heteroatoms. The molecule has 112 valence electrons. The highest BCUT2D eigenvalue weighted by molar-refractivity contribution is 5.90. The fourth-order valence-electron chi connectivity index (χ4n) is 2.66. The Hall–Kier alpha value is -1.43. The van der Waals surface area contributed by atoms with Gasteiger partial charge >= 0.3 is 0 Å². The van der Waals surface area contributed by atoms with E-state index in [0.29, 0.717) is 12.1 Å². The van der Waals surface area contributed by atoms with Crippen LogP contribution in [0.2, 0.25) is 0 Å². The van der Waals surface area contributed by atoms with Gasteiger partial charge in [-0.1, -0.05) is 6.92 Å². The van der Waals surface area contributed by atoms with Gasteiger partial charge in [-0.2, -0.15) is 0 Å². The van der Waals surface area contributed by atoms with Crippen LogP contribution in [0.3, 0.4) is 0 Å². The number of amides is 1. The second-order valence-electron chi connectivity index (χ2n) is 5.74. The number of carbonyl (C=O) groups is 1. The first kappa shape index (κ1) is 15.0. The monoisotopic (exact) mass is 279 g/mol. The lowest BCUT2D eigenvalue weighted by Crippen LogP contribution is -2.47. The van der Waals surface area contributed by atoms with Gasteiger partial charge < -0.3 is 9.80 Å².